The maximum Gasteiger partial charge on any atom is 0.335 e. The average Bonchev–Trinajstić information content (AvgIpc) is 2.51. The van der Waals surface area contributed by atoms with Crippen molar-refractivity contribution in [1.82, 2.24) is 0 Å². The molecule has 23 heavy (non-hydrogen) atoms. The van der Waals surface area contributed by atoms with Crippen molar-refractivity contribution in [3.05, 3.63) is 48.0 Å². The molecule has 2 rings (SSSR count). The van der Waals surface area contributed by atoms with Gasteiger partial charge in [0.15, 0.2) is 0 Å². The number of rotatable bonds is 6. The minimum Gasteiger partial charge on any atom is -0.493 e. The van der Waals surface area contributed by atoms with Crippen LogP contribution in [-0.4, -0.2) is 26.1 Å². The Labute approximate surface area is 138 Å². The zero-order valence-electron chi connectivity index (χ0n) is 12.3. The van der Waals surface area contributed by atoms with Crippen LogP contribution in [0, 0.1) is 0 Å². The fourth-order valence-electron chi connectivity index (χ4n) is 2.12. The number of ether oxygens (including phenoxy) is 1. The van der Waals surface area contributed by atoms with Gasteiger partial charge in [-0.1, -0.05) is 37.3 Å². The molecule has 7 heteroatoms. The molecule has 0 saturated carbocycles. The van der Waals surface area contributed by atoms with Gasteiger partial charge in [0.25, 0.3) is 9.05 Å². The first-order valence-corrected chi connectivity index (χ1v) is 9.19. The molecule has 2 aromatic rings. The largest absolute Gasteiger partial charge is 0.493 e. The van der Waals surface area contributed by atoms with E-state index >= 15 is 0 Å². The van der Waals surface area contributed by atoms with Crippen molar-refractivity contribution in [2.45, 2.75) is 18.2 Å². The van der Waals surface area contributed by atoms with E-state index in [0.717, 1.165) is 6.07 Å². The van der Waals surface area contributed by atoms with Gasteiger partial charge in [-0.25, -0.2) is 13.2 Å². The van der Waals surface area contributed by atoms with Crippen LogP contribution >= 0.6 is 10.7 Å². The van der Waals surface area contributed by atoms with E-state index in [1.54, 1.807) is 30.3 Å². The molecule has 0 saturated heterocycles. The Balaban J connectivity index is 2.81. The average molecular weight is 355 g/mol. The summed E-state index contributed by atoms with van der Waals surface area (Å²) in [5.41, 5.74) is 0.642. The van der Waals surface area contributed by atoms with Crippen molar-refractivity contribution in [1.29, 1.82) is 0 Å². The molecule has 0 aromatic heterocycles. The molecule has 0 heterocycles. The van der Waals surface area contributed by atoms with Crippen LogP contribution in [0.15, 0.2) is 47.4 Å². The fourth-order valence-corrected chi connectivity index (χ4v) is 3.22. The Kier molecular flexibility index (Phi) is 5.28. The second-order valence-electron chi connectivity index (χ2n) is 4.81. The number of benzene rings is 2. The summed E-state index contributed by atoms with van der Waals surface area (Å²) < 4.78 is 29.5. The molecule has 1 N–H and O–H groups in total. The topological polar surface area (TPSA) is 80.7 Å². The molecule has 0 aliphatic carbocycles. The summed E-state index contributed by atoms with van der Waals surface area (Å²) in [4.78, 5) is 11.0. The predicted molar refractivity (Wildman–Crippen MR) is 87.7 cm³/mol. The van der Waals surface area contributed by atoms with Crippen LogP contribution in [0.5, 0.6) is 5.75 Å². The van der Waals surface area contributed by atoms with Crippen molar-refractivity contribution >= 4 is 25.7 Å². The first kappa shape index (κ1) is 17.3. The summed E-state index contributed by atoms with van der Waals surface area (Å²) in [7, 11) is 1.36. The van der Waals surface area contributed by atoms with E-state index in [9.17, 15) is 18.3 Å². The van der Waals surface area contributed by atoms with Gasteiger partial charge >= 0.3 is 5.97 Å². The number of carbonyl (C=O) groups is 1. The molecular formula is C16H15ClO5S. The Morgan fingerprint density at radius 3 is 2.39 bits per heavy atom. The van der Waals surface area contributed by atoms with Crippen LogP contribution in [-0.2, 0) is 9.05 Å². The van der Waals surface area contributed by atoms with Gasteiger partial charge in [-0.15, -0.1) is 0 Å². The molecule has 0 radical (unpaired) electrons. The second-order valence-corrected chi connectivity index (χ2v) is 7.34. The molecule has 0 bridgehead atoms. The number of carboxylic acid groups (broad SMARTS) is 1. The van der Waals surface area contributed by atoms with Crippen molar-refractivity contribution in [3.63, 3.8) is 0 Å². The molecule has 122 valence electrons. The minimum absolute atomic E-state index is 0.178. The summed E-state index contributed by atoms with van der Waals surface area (Å²) in [5.74, 6) is -1.08. The summed E-state index contributed by atoms with van der Waals surface area (Å²) in [5, 5.41) is 9.19. The molecule has 0 spiro atoms. The predicted octanol–water partition coefficient (Wildman–Crippen LogP) is 3.77. The van der Waals surface area contributed by atoms with E-state index in [4.69, 9.17) is 15.4 Å². The Hall–Kier alpha value is -2.05. The molecule has 0 amide bonds. The van der Waals surface area contributed by atoms with Crippen molar-refractivity contribution in [2.75, 3.05) is 6.61 Å². The number of carboxylic acids is 1. The summed E-state index contributed by atoms with van der Waals surface area (Å²) >= 11 is 0. The highest BCUT2D eigenvalue weighted by molar-refractivity contribution is 8.13. The lowest BCUT2D eigenvalue weighted by Gasteiger charge is -2.15. The lowest BCUT2D eigenvalue weighted by Crippen LogP contribution is -2.06. The first-order chi connectivity index (χ1) is 10.8. The number of halogens is 1. The molecule has 0 atom stereocenters. The Morgan fingerprint density at radius 1 is 1.22 bits per heavy atom. The van der Waals surface area contributed by atoms with Crippen LogP contribution in [0.4, 0.5) is 0 Å². The maximum atomic E-state index is 11.9. The molecule has 0 aliphatic rings. The lowest BCUT2D eigenvalue weighted by molar-refractivity contribution is 0.0696. The van der Waals surface area contributed by atoms with Crippen molar-refractivity contribution in [2.24, 2.45) is 0 Å². The summed E-state index contributed by atoms with van der Waals surface area (Å²) in [6, 6.07) is 11.1. The van der Waals surface area contributed by atoms with Gasteiger partial charge < -0.3 is 9.84 Å². The number of aromatic carboxylic acids is 1. The quantitative estimate of drug-likeness (QED) is 0.798. The molecule has 0 fully saturated rings. The van der Waals surface area contributed by atoms with E-state index in [1.165, 1.54) is 6.07 Å². The first-order valence-electron chi connectivity index (χ1n) is 6.88. The highest BCUT2D eigenvalue weighted by Crippen LogP contribution is 2.38. The molecular weight excluding hydrogens is 340 g/mol. The standard InChI is InChI=1S/C16H15ClO5S/c1-2-8-22-13-9-12(16(18)19)10-14(23(17,20)21)15(13)11-6-4-3-5-7-11/h3-7,9-10H,2,8H2,1H3,(H,18,19). The summed E-state index contributed by atoms with van der Waals surface area (Å²) in [6.45, 7) is 2.22. The van der Waals surface area contributed by atoms with Crippen LogP contribution < -0.4 is 4.74 Å². The monoisotopic (exact) mass is 354 g/mol. The van der Waals surface area contributed by atoms with E-state index in [0.29, 0.717) is 18.6 Å². The highest BCUT2D eigenvalue weighted by atomic mass is 35.7. The van der Waals surface area contributed by atoms with Gasteiger partial charge in [-0.3, -0.25) is 0 Å². The zero-order chi connectivity index (χ0) is 17.0. The normalized spacial score (nSPS) is 11.2. The molecule has 0 aliphatic heterocycles. The van der Waals surface area contributed by atoms with Crippen molar-refractivity contribution in [3.8, 4) is 16.9 Å². The number of hydrogen-bond acceptors (Lipinski definition) is 4. The summed E-state index contributed by atoms with van der Waals surface area (Å²) in [6.07, 6.45) is 0.689. The van der Waals surface area contributed by atoms with E-state index in [-0.39, 0.29) is 21.8 Å². The van der Waals surface area contributed by atoms with Crippen LogP contribution in [0.1, 0.15) is 23.7 Å². The van der Waals surface area contributed by atoms with Gasteiger partial charge in [0.05, 0.1) is 17.1 Å². The smallest absolute Gasteiger partial charge is 0.335 e. The van der Waals surface area contributed by atoms with Gasteiger partial charge in [0.2, 0.25) is 0 Å². The van der Waals surface area contributed by atoms with Gasteiger partial charge in [0.1, 0.15) is 5.75 Å². The fraction of sp³-hybridized carbons (Fsp3) is 0.188. The zero-order valence-corrected chi connectivity index (χ0v) is 13.9. The number of hydrogen-bond donors (Lipinski definition) is 1. The van der Waals surface area contributed by atoms with Crippen molar-refractivity contribution < 1.29 is 23.1 Å². The van der Waals surface area contributed by atoms with Gasteiger partial charge in [0, 0.05) is 16.2 Å². The van der Waals surface area contributed by atoms with Crippen LogP contribution in [0.3, 0.4) is 0 Å². The third kappa shape index (κ3) is 4.03. The van der Waals surface area contributed by atoms with E-state index in [2.05, 4.69) is 0 Å². The third-order valence-corrected chi connectivity index (χ3v) is 4.45. The third-order valence-electron chi connectivity index (χ3n) is 3.10. The lowest BCUT2D eigenvalue weighted by atomic mass is 10.0. The Bertz CT molecular complexity index is 816. The SMILES string of the molecule is CCCOc1cc(C(=O)O)cc(S(=O)(=O)Cl)c1-c1ccccc1. The van der Waals surface area contributed by atoms with E-state index in [1.807, 2.05) is 6.92 Å². The van der Waals surface area contributed by atoms with E-state index < -0.39 is 15.0 Å². The molecule has 2 aromatic carbocycles. The maximum absolute atomic E-state index is 11.9. The molecule has 5 nitrogen and oxygen atoms in total. The van der Waals surface area contributed by atoms with Crippen LogP contribution in [0.2, 0.25) is 0 Å². The molecule has 0 unspecified atom stereocenters. The van der Waals surface area contributed by atoms with Crippen LogP contribution in [0.25, 0.3) is 11.1 Å². The van der Waals surface area contributed by atoms with Gasteiger partial charge in [-0.2, -0.15) is 0 Å². The second kappa shape index (κ2) is 7.02. The minimum atomic E-state index is -4.16. The Morgan fingerprint density at radius 2 is 1.87 bits per heavy atom. The highest BCUT2D eigenvalue weighted by Gasteiger charge is 2.24. The van der Waals surface area contributed by atoms with Gasteiger partial charge in [-0.05, 0) is 24.1 Å².